The number of aliphatic imine (C=N–C) groups is 1. The molecule has 0 radical (unpaired) electrons. The van der Waals surface area contributed by atoms with Crippen molar-refractivity contribution in [2.45, 2.75) is 6.42 Å². The van der Waals surface area contributed by atoms with E-state index in [1.54, 1.807) is 7.11 Å². The first-order valence-corrected chi connectivity index (χ1v) is 5.69. The Kier molecular flexibility index (Phi) is 5.30. The van der Waals surface area contributed by atoms with E-state index in [2.05, 4.69) is 20.9 Å². The lowest BCUT2D eigenvalue weighted by atomic mass is 10.2. The molecule has 1 aromatic carbocycles. The molecular weight excluding hydrogens is 242 g/mol. The lowest BCUT2D eigenvalue weighted by Gasteiger charge is -1.99. The van der Waals surface area contributed by atoms with Crippen LogP contribution in [0, 0.1) is 0 Å². The van der Waals surface area contributed by atoms with Crippen LogP contribution in [0.15, 0.2) is 29.3 Å². The highest BCUT2D eigenvalue weighted by Crippen LogP contribution is 2.10. The van der Waals surface area contributed by atoms with E-state index in [1.165, 1.54) is 0 Å². The van der Waals surface area contributed by atoms with Gasteiger partial charge in [-0.25, -0.2) is 0 Å². The highest BCUT2D eigenvalue weighted by molar-refractivity contribution is 9.09. The Morgan fingerprint density at radius 3 is 3.07 bits per heavy atom. The lowest BCUT2D eigenvalue weighted by molar-refractivity contribution is 0.415. The summed E-state index contributed by atoms with van der Waals surface area (Å²) in [5, 5.41) is 1.00. The van der Waals surface area contributed by atoms with E-state index in [0.29, 0.717) is 0 Å². The molecule has 0 saturated carbocycles. The van der Waals surface area contributed by atoms with Gasteiger partial charge >= 0.3 is 0 Å². The molecule has 0 bridgehead atoms. The zero-order chi connectivity index (χ0) is 10.2. The van der Waals surface area contributed by atoms with Gasteiger partial charge in [0.15, 0.2) is 0 Å². The SMILES string of the molecule is COc1cccc(C=NCCCBr)c1. The molecule has 0 unspecified atom stereocenters. The van der Waals surface area contributed by atoms with Gasteiger partial charge in [0.05, 0.1) is 7.11 Å². The van der Waals surface area contributed by atoms with Crippen molar-refractivity contribution in [1.82, 2.24) is 0 Å². The van der Waals surface area contributed by atoms with Crippen molar-refractivity contribution in [2.24, 2.45) is 4.99 Å². The van der Waals surface area contributed by atoms with E-state index >= 15 is 0 Å². The van der Waals surface area contributed by atoms with Crippen molar-refractivity contribution in [2.75, 3.05) is 19.0 Å². The van der Waals surface area contributed by atoms with Crippen LogP contribution in [0.3, 0.4) is 0 Å². The van der Waals surface area contributed by atoms with E-state index < -0.39 is 0 Å². The summed E-state index contributed by atoms with van der Waals surface area (Å²) in [7, 11) is 1.67. The predicted octanol–water partition coefficient (Wildman–Crippen LogP) is 2.90. The van der Waals surface area contributed by atoms with Crippen LogP contribution >= 0.6 is 15.9 Å². The van der Waals surface area contributed by atoms with Crippen LogP contribution in [-0.4, -0.2) is 25.2 Å². The zero-order valence-electron chi connectivity index (χ0n) is 8.24. The first kappa shape index (κ1) is 11.2. The minimum absolute atomic E-state index is 0.864. The van der Waals surface area contributed by atoms with Gasteiger partial charge in [0.1, 0.15) is 5.75 Å². The minimum Gasteiger partial charge on any atom is -0.497 e. The fourth-order valence-corrected chi connectivity index (χ4v) is 1.29. The summed E-state index contributed by atoms with van der Waals surface area (Å²) in [6.07, 6.45) is 2.95. The molecule has 0 aliphatic heterocycles. The molecule has 76 valence electrons. The number of alkyl halides is 1. The quantitative estimate of drug-likeness (QED) is 0.451. The second-order valence-corrected chi connectivity index (χ2v) is 3.65. The number of halogens is 1. The van der Waals surface area contributed by atoms with Gasteiger partial charge < -0.3 is 4.74 Å². The molecule has 1 rings (SSSR count). The van der Waals surface area contributed by atoms with Gasteiger partial charge in [-0.3, -0.25) is 4.99 Å². The van der Waals surface area contributed by atoms with Gasteiger partial charge in [0.2, 0.25) is 0 Å². The second-order valence-electron chi connectivity index (χ2n) is 2.85. The molecule has 0 saturated heterocycles. The lowest BCUT2D eigenvalue weighted by Crippen LogP contribution is -1.87. The van der Waals surface area contributed by atoms with Crippen molar-refractivity contribution in [1.29, 1.82) is 0 Å². The number of hydrogen-bond acceptors (Lipinski definition) is 2. The molecule has 0 aliphatic carbocycles. The second kappa shape index (κ2) is 6.60. The van der Waals surface area contributed by atoms with E-state index in [0.717, 1.165) is 29.6 Å². The number of hydrogen-bond donors (Lipinski definition) is 0. The summed E-state index contributed by atoms with van der Waals surface area (Å²) in [6.45, 7) is 0.864. The van der Waals surface area contributed by atoms with Crippen LogP contribution in [0.5, 0.6) is 5.75 Å². The summed E-state index contributed by atoms with van der Waals surface area (Å²) in [6, 6.07) is 7.87. The summed E-state index contributed by atoms with van der Waals surface area (Å²) in [4.78, 5) is 4.30. The van der Waals surface area contributed by atoms with Gasteiger partial charge in [-0.1, -0.05) is 28.1 Å². The topological polar surface area (TPSA) is 21.6 Å². The fraction of sp³-hybridized carbons (Fsp3) is 0.364. The van der Waals surface area contributed by atoms with Crippen LogP contribution < -0.4 is 4.74 Å². The maximum absolute atomic E-state index is 5.11. The molecule has 0 aromatic heterocycles. The average Bonchev–Trinajstić information content (AvgIpc) is 2.25. The van der Waals surface area contributed by atoms with Gasteiger partial charge in [-0.05, 0) is 24.1 Å². The third-order valence-electron chi connectivity index (χ3n) is 1.75. The molecule has 0 fully saturated rings. The van der Waals surface area contributed by atoms with Crippen LogP contribution in [0.2, 0.25) is 0 Å². The molecule has 14 heavy (non-hydrogen) atoms. The minimum atomic E-state index is 0.864. The van der Waals surface area contributed by atoms with Gasteiger partial charge in [-0.2, -0.15) is 0 Å². The molecule has 0 amide bonds. The monoisotopic (exact) mass is 255 g/mol. The predicted molar refractivity (Wildman–Crippen MR) is 63.9 cm³/mol. The average molecular weight is 256 g/mol. The molecule has 0 heterocycles. The Balaban J connectivity index is 2.53. The summed E-state index contributed by atoms with van der Waals surface area (Å²) in [5.74, 6) is 0.870. The molecule has 2 nitrogen and oxygen atoms in total. The highest BCUT2D eigenvalue weighted by Gasteiger charge is 1.91. The van der Waals surface area contributed by atoms with Gasteiger partial charge in [0.25, 0.3) is 0 Å². The summed E-state index contributed by atoms with van der Waals surface area (Å²) >= 11 is 3.36. The van der Waals surface area contributed by atoms with Crippen LogP contribution in [-0.2, 0) is 0 Å². The molecule has 3 heteroatoms. The molecule has 0 aliphatic rings. The highest BCUT2D eigenvalue weighted by atomic mass is 79.9. The van der Waals surface area contributed by atoms with Crippen LogP contribution in [0.25, 0.3) is 0 Å². The van der Waals surface area contributed by atoms with Crippen LogP contribution in [0.1, 0.15) is 12.0 Å². The zero-order valence-corrected chi connectivity index (χ0v) is 9.83. The maximum atomic E-state index is 5.11. The third-order valence-corrected chi connectivity index (χ3v) is 2.32. The normalized spacial score (nSPS) is 10.7. The number of ether oxygens (including phenoxy) is 1. The summed E-state index contributed by atoms with van der Waals surface area (Å²) in [5.41, 5.74) is 1.08. The van der Waals surface area contributed by atoms with E-state index in [9.17, 15) is 0 Å². The molecule has 0 atom stereocenters. The van der Waals surface area contributed by atoms with Crippen molar-refractivity contribution < 1.29 is 4.74 Å². The molecule has 0 spiro atoms. The maximum Gasteiger partial charge on any atom is 0.119 e. The number of rotatable bonds is 5. The van der Waals surface area contributed by atoms with E-state index in [4.69, 9.17) is 4.74 Å². The van der Waals surface area contributed by atoms with E-state index in [-0.39, 0.29) is 0 Å². The Labute approximate surface area is 93.1 Å². The first-order valence-electron chi connectivity index (χ1n) is 4.56. The number of methoxy groups -OCH3 is 1. The van der Waals surface area contributed by atoms with Gasteiger partial charge in [-0.15, -0.1) is 0 Å². The number of benzene rings is 1. The smallest absolute Gasteiger partial charge is 0.119 e. The van der Waals surface area contributed by atoms with Crippen molar-refractivity contribution in [3.63, 3.8) is 0 Å². The Bertz CT molecular complexity index is 299. The van der Waals surface area contributed by atoms with Crippen molar-refractivity contribution in [3.8, 4) is 5.75 Å². The van der Waals surface area contributed by atoms with Crippen molar-refractivity contribution >= 4 is 22.1 Å². The standard InChI is InChI=1S/C11H14BrNO/c1-14-11-5-2-4-10(8-11)9-13-7-3-6-12/h2,4-5,8-9H,3,6-7H2,1H3. The fourth-order valence-electron chi connectivity index (χ4n) is 1.04. The van der Waals surface area contributed by atoms with Gasteiger partial charge in [0, 0.05) is 18.1 Å². The van der Waals surface area contributed by atoms with Crippen molar-refractivity contribution in [3.05, 3.63) is 29.8 Å². The van der Waals surface area contributed by atoms with Crippen LogP contribution in [0.4, 0.5) is 0 Å². The molecule has 0 N–H and O–H groups in total. The third kappa shape index (κ3) is 3.92. The number of nitrogens with zero attached hydrogens (tertiary/aromatic N) is 1. The molecular formula is C11H14BrNO. The summed E-state index contributed by atoms with van der Waals surface area (Å²) < 4.78 is 5.11. The Morgan fingerprint density at radius 1 is 1.50 bits per heavy atom. The Morgan fingerprint density at radius 2 is 2.36 bits per heavy atom. The van der Waals surface area contributed by atoms with E-state index in [1.807, 2.05) is 30.5 Å². The first-order chi connectivity index (χ1) is 6.86. The Hall–Kier alpha value is -0.830. The molecule has 1 aromatic rings. The largest absolute Gasteiger partial charge is 0.497 e.